The number of carboxylic acid groups (broad SMARTS) is 1. The number of anilines is 1. The van der Waals surface area contributed by atoms with Crippen LogP contribution in [0.3, 0.4) is 0 Å². The van der Waals surface area contributed by atoms with Crippen molar-refractivity contribution in [3.8, 4) is 0 Å². The molecule has 3 aliphatic rings. The molecule has 0 aliphatic carbocycles. The molecule has 2 fully saturated rings. The van der Waals surface area contributed by atoms with Crippen molar-refractivity contribution >= 4 is 58.0 Å². The van der Waals surface area contributed by atoms with Crippen LogP contribution in [-0.4, -0.2) is 123 Å². The second-order valence-electron chi connectivity index (χ2n) is 8.04. The Balaban J connectivity index is 1.43. The highest BCUT2D eigenvalue weighted by atomic mass is 32.2. The number of ether oxygens (including phenoxy) is 1. The summed E-state index contributed by atoms with van der Waals surface area (Å²) < 4.78 is 9.28. The molecule has 194 valence electrons. The molecule has 2 saturated heterocycles. The molecule has 3 amide bonds. The van der Waals surface area contributed by atoms with Crippen LogP contribution in [0.15, 0.2) is 16.4 Å². The van der Waals surface area contributed by atoms with Gasteiger partial charge < -0.3 is 35.5 Å². The zero-order valence-electron chi connectivity index (χ0n) is 19.4. The van der Waals surface area contributed by atoms with Gasteiger partial charge in [-0.05, 0) is 7.05 Å². The molecule has 4 N–H and O–H groups in total. The molecule has 0 aromatic carbocycles. The van der Waals surface area contributed by atoms with E-state index in [4.69, 9.17) is 15.3 Å². The fourth-order valence-corrected chi connectivity index (χ4v) is 5.60. The summed E-state index contributed by atoms with van der Waals surface area (Å²) in [5.74, 6) is -2.59. The van der Waals surface area contributed by atoms with Crippen LogP contribution in [0.1, 0.15) is 5.82 Å². The van der Waals surface area contributed by atoms with E-state index in [0.717, 1.165) is 16.4 Å². The summed E-state index contributed by atoms with van der Waals surface area (Å²) in [5.41, 5.74) is 5.34. The second kappa shape index (κ2) is 10.7. The first kappa shape index (κ1) is 25.6. The van der Waals surface area contributed by atoms with Crippen LogP contribution in [0, 0.1) is 0 Å². The smallest absolute Gasteiger partial charge is 0.410 e. The first-order valence-electron chi connectivity index (χ1n) is 10.7. The summed E-state index contributed by atoms with van der Waals surface area (Å²) in [6.45, 7) is 2.21. The van der Waals surface area contributed by atoms with Crippen molar-refractivity contribution in [2.45, 2.75) is 11.4 Å². The third kappa shape index (κ3) is 5.07. The van der Waals surface area contributed by atoms with Gasteiger partial charge in [0.1, 0.15) is 30.8 Å². The fraction of sp³-hybridized carbons (Fsp3) is 0.526. The second-order valence-corrected chi connectivity index (χ2v) is 9.93. The van der Waals surface area contributed by atoms with Gasteiger partial charge in [0, 0.05) is 49.0 Å². The van der Waals surface area contributed by atoms with Gasteiger partial charge in [-0.25, -0.2) is 9.59 Å². The minimum atomic E-state index is -1.33. The number of nitrogens with two attached hydrogens (primary N) is 1. The first-order valence-corrected chi connectivity index (χ1v) is 12.5. The van der Waals surface area contributed by atoms with Gasteiger partial charge in [-0.2, -0.15) is 9.36 Å². The number of aromatic nitrogens is 2. The van der Waals surface area contributed by atoms with E-state index in [1.54, 1.807) is 4.90 Å². The third-order valence-corrected chi connectivity index (χ3v) is 7.60. The summed E-state index contributed by atoms with van der Waals surface area (Å²) in [7, 11) is 3.19. The summed E-state index contributed by atoms with van der Waals surface area (Å²) in [6.07, 6.45) is -0.534. The van der Waals surface area contributed by atoms with Crippen LogP contribution in [0.2, 0.25) is 0 Å². The number of oxime groups is 1. The number of carboxylic acids is 1. The Labute approximate surface area is 213 Å². The summed E-state index contributed by atoms with van der Waals surface area (Å²) in [4.78, 5) is 63.4. The fourth-order valence-electron chi connectivity index (χ4n) is 3.84. The van der Waals surface area contributed by atoms with E-state index in [0.29, 0.717) is 31.8 Å². The molecule has 2 atom stereocenters. The topological polar surface area (TPSA) is 193 Å². The normalized spacial score (nSPS) is 22.6. The van der Waals surface area contributed by atoms with Crippen molar-refractivity contribution < 1.29 is 33.9 Å². The van der Waals surface area contributed by atoms with Gasteiger partial charge >= 0.3 is 12.1 Å². The monoisotopic (exact) mass is 540 g/mol. The van der Waals surface area contributed by atoms with Crippen LogP contribution in [0.25, 0.3) is 0 Å². The lowest BCUT2D eigenvalue weighted by Crippen LogP contribution is -2.71. The quantitative estimate of drug-likeness (QED) is 0.208. The molecule has 1 unspecified atom stereocenters. The maximum Gasteiger partial charge on any atom is 0.410 e. The van der Waals surface area contributed by atoms with Gasteiger partial charge in [-0.3, -0.25) is 14.5 Å². The number of fused-ring (bicyclic) bond motifs is 1. The number of carbonyl (C=O) groups is 4. The molecule has 0 spiro atoms. The largest absolute Gasteiger partial charge is 0.477 e. The number of piperazine rings is 1. The van der Waals surface area contributed by atoms with E-state index in [1.807, 2.05) is 7.05 Å². The van der Waals surface area contributed by atoms with Gasteiger partial charge in [-0.15, -0.1) is 11.8 Å². The van der Waals surface area contributed by atoms with E-state index < -0.39 is 35.3 Å². The van der Waals surface area contributed by atoms with Gasteiger partial charge in [0.25, 0.3) is 11.8 Å². The highest BCUT2D eigenvalue weighted by molar-refractivity contribution is 8.00. The Morgan fingerprint density at radius 2 is 2.00 bits per heavy atom. The highest BCUT2D eigenvalue weighted by Crippen LogP contribution is 2.40. The van der Waals surface area contributed by atoms with Crippen LogP contribution in [0.5, 0.6) is 0 Å². The average Bonchev–Trinajstić information content (AvgIpc) is 3.29. The molecule has 3 aliphatic heterocycles. The molecule has 0 bridgehead atoms. The van der Waals surface area contributed by atoms with Crippen molar-refractivity contribution in [3.63, 3.8) is 0 Å². The van der Waals surface area contributed by atoms with Crippen LogP contribution in [0.4, 0.5) is 9.93 Å². The molecule has 4 heterocycles. The van der Waals surface area contributed by atoms with Crippen molar-refractivity contribution in [2.75, 3.05) is 58.4 Å². The molecule has 4 rings (SSSR count). The SMILES string of the molecule is CON=C(C(=O)NC1C(=O)N2C(C(=O)O)=C(COC(=O)N3CCN(C)CC3)CS[C@@H]12)c1nsc(N)n1. The Bertz CT molecular complexity index is 1130. The molecule has 0 saturated carbocycles. The van der Waals surface area contributed by atoms with Crippen molar-refractivity contribution in [1.82, 2.24) is 29.4 Å². The molecular weight excluding hydrogens is 516 g/mol. The van der Waals surface area contributed by atoms with Crippen molar-refractivity contribution in [2.24, 2.45) is 5.16 Å². The number of β-lactam (4-membered cyclic amide) rings is 1. The Hall–Kier alpha value is -3.44. The van der Waals surface area contributed by atoms with Crippen molar-refractivity contribution in [3.05, 3.63) is 17.1 Å². The Morgan fingerprint density at radius 1 is 1.28 bits per heavy atom. The number of likely N-dealkylation sites (N-methyl/N-ethyl adjacent to an activating group) is 1. The Kier molecular flexibility index (Phi) is 7.60. The summed E-state index contributed by atoms with van der Waals surface area (Å²) >= 11 is 2.11. The molecular formula is C19H24N8O7S2. The zero-order chi connectivity index (χ0) is 26.0. The molecule has 1 aromatic rings. The lowest BCUT2D eigenvalue weighted by molar-refractivity contribution is -0.150. The molecule has 0 radical (unpaired) electrons. The lowest BCUT2D eigenvalue weighted by atomic mass is 10.0. The van der Waals surface area contributed by atoms with E-state index in [9.17, 15) is 24.3 Å². The first-order chi connectivity index (χ1) is 17.2. The maximum absolute atomic E-state index is 12.9. The number of nitrogen functional groups attached to an aromatic ring is 1. The number of carbonyl (C=O) groups excluding carboxylic acids is 3. The lowest BCUT2D eigenvalue weighted by Gasteiger charge is -2.49. The van der Waals surface area contributed by atoms with Crippen LogP contribution >= 0.6 is 23.3 Å². The zero-order valence-corrected chi connectivity index (χ0v) is 21.0. The molecule has 36 heavy (non-hydrogen) atoms. The molecule has 1 aromatic heterocycles. The number of aliphatic carboxylic acids is 1. The number of hydrogen-bond acceptors (Lipinski definition) is 13. The number of thioether (sulfide) groups is 1. The number of amides is 3. The summed E-state index contributed by atoms with van der Waals surface area (Å²) in [5, 5.41) is 15.4. The van der Waals surface area contributed by atoms with E-state index in [1.165, 1.54) is 18.9 Å². The third-order valence-electron chi connectivity index (χ3n) is 5.72. The van der Waals surface area contributed by atoms with Crippen molar-refractivity contribution in [1.29, 1.82) is 0 Å². The van der Waals surface area contributed by atoms with Gasteiger partial charge in [0.2, 0.25) is 11.5 Å². The van der Waals surface area contributed by atoms with E-state index >= 15 is 0 Å². The average molecular weight is 541 g/mol. The van der Waals surface area contributed by atoms with E-state index in [-0.39, 0.29) is 34.7 Å². The predicted molar refractivity (Wildman–Crippen MR) is 128 cm³/mol. The standard InChI is InChI=1S/C19H24N8O7S2/c1-25-3-5-26(6-4-25)19(32)34-7-9-8-35-16-11(15(29)27(16)12(9)17(30)31)21-14(28)10(23-33-2)13-22-18(20)36-24-13/h11,16H,3-8H2,1-2H3,(H,21,28)(H,30,31)(H2,20,22,24)/t11?,16-/m0/s1. The van der Waals surface area contributed by atoms with Gasteiger partial charge in [-0.1, -0.05) is 5.16 Å². The maximum atomic E-state index is 12.9. The summed E-state index contributed by atoms with van der Waals surface area (Å²) in [6, 6.07) is -1.01. The van der Waals surface area contributed by atoms with Crippen LogP contribution < -0.4 is 11.1 Å². The number of rotatable bonds is 7. The predicted octanol–water partition coefficient (Wildman–Crippen LogP) is -1.41. The van der Waals surface area contributed by atoms with Gasteiger partial charge in [0.05, 0.1) is 0 Å². The highest BCUT2D eigenvalue weighted by Gasteiger charge is 2.54. The van der Waals surface area contributed by atoms with Crippen LogP contribution in [-0.2, 0) is 24.0 Å². The number of hydrogen-bond donors (Lipinski definition) is 3. The molecule has 15 nitrogen and oxygen atoms in total. The minimum absolute atomic E-state index is 0.0626. The van der Waals surface area contributed by atoms with E-state index in [2.05, 4.69) is 24.7 Å². The van der Waals surface area contributed by atoms with Gasteiger partial charge in [0.15, 0.2) is 5.13 Å². The number of nitrogens with one attached hydrogen (secondary N) is 1. The number of nitrogens with zero attached hydrogens (tertiary/aromatic N) is 6. The Morgan fingerprint density at radius 3 is 2.61 bits per heavy atom. The molecule has 17 heteroatoms. The minimum Gasteiger partial charge on any atom is -0.477 e.